The van der Waals surface area contributed by atoms with Crippen LogP contribution in [-0.2, 0) is 21.9 Å². The molecule has 0 radical (unpaired) electrons. The van der Waals surface area contributed by atoms with Crippen molar-refractivity contribution in [3.63, 3.8) is 0 Å². The number of hydrogen-bond donors (Lipinski definition) is 1. The van der Waals surface area contributed by atoms with Gasteiger partial charge in [-0.25, -0.2) is 13.1 Å². The quantitative estimate of drug-likeness (QED) is 0.350. The predicted molar refractivity (Wildman–Crippen MR) is 143 cm³/mol. The molecular weight excluding hydrogens is 456 g/mol. The van der Waals surface area contributed by atoms with Crippen LogP contribution in [0.5, 0.6) is 0 Å². The van der Waals surface area contributed by atoms with E-state index in [4.69, 9.17) is 0 Å². The molecule has 0 aliphatic carbocycles. The smallest absolute Gasteiger partial charge is 0.263 e. The largest absolute Gasteiger partial charge is 0.263 e. The topological polar surface area (TPSA) is 76.9 Å². The molecule has 0 saturated carbocycles. The number of sulfonamides is 1. The summed E-state index contributed by atoms with van der Waals surface area (Å²) in [5.74, 6) is 0.393. The lowest BCUT2D eigenvalue weighted by atomic mass is 9.87. The fraction of sp³-hybridized carbons (Fsp3) is 0.357. The Morgan fingerprint density at radius 1 is 0.914 bits per heavy atom. The summed E-state index contributed by atoms with van der Waals surface area (Å²) in [5, 5.41) is 6.64. The van der Waals surface area contributed by atoms with Gasteiger partial charge in [-0.05, 0) is 54.0 Å². The molecule has 4 rings (SSSR count). The first-order valence-corrected chi connectivity index (χ1v) is 13.3. The molecular formula is C28H34N4O2S. The van der Waals surface area contributed by atoms with E-state index in [1.807, 2.05) is 43.5 Å². The Labute approximate surface area is 208 Å². The highest BCUT2D eigenvalue weighted by Gasteiger charge is 2.21. The lowest BCUT2D eigenvalue weighted by Gasteiger charge is -2.20. The second kappa shape index (κ2) is 8.79. The van der Waals surface area contributed by atoms with Crippen molar-refractivity contribution in [2.75, 3.05) is 4.72 Å². The van der Waals surface area contributed by atoms with Crippen LogP contribution in [0.1, 0.15) is 58.5 Å². The lowest BCUT2D eigenvalue weighted by molar-refractivity contribution is 0.408. The average Bonchev–Trinajstić information content (AvgIpc) is 3.11. The van der Waals surface area contributed by atoms with Crippen LogP contribution in [0.25, 0.3) is 16.5 Å². The molecule has 4 aromatic rings. The fourth-order valence-electron chi connectivity index (χ4n) is 4.17. The van der Waals surface area contributed by atoms with Gasteiger partial charge >= 0.3 is 0 Å². The number of nitrogens with one attached hydrogen (secondary N) is 1. The van der Waals surface area contributed by atoms with Crippen molar-refractivity contribution in [3.05, 3.63) is 77.7 Å². The third-order valence-corrected chi connectivity index (χ3v) is 7.26. The summed E-state index contributed by atoms with van der Waals surface area (Å²) in [7, 11) is -3.80. The lowest BCUT2D eigenvalue weighted by Crippen LogP contribution is -2.17. The number of benzene rings is 2. The van der Waals surface area contributed by atoms with Gasteiger partial charge in [0.05, 0.1) is 16.3 Å². The Hall–Kier alpha value is -3.19. The standard InChI is InChI=1S/C28H34N4O2S/c1-19-17-26(31-35(33,34)21-13-11-20(12-14-21)28(5,6)7)32(30-19)25-10-8-9-22-23(25)15-16-29-24(22)18-27(2,3)4/h8-17,31H,18H2,1-7H3. The molecule has 0 aliphatic heterocycles. The number of fused-ring (bicyclic) bond motifs is 1. The third kappa shape index (κ3) is 5.40. The summed E-state index contributed by atoms with van der Waals surface area (Å²) in [6, 6.07) is 16.7. The number of rotatable bonds is 5. The van der Waals surface area contributed by atoms with Crippen molar-refractivity contribution in [1.82, 2.24) is 14.8 Å². The minimum Gasteiger partial charge on any atom is -0.263 e. The summed E-state index contributed by atoms with van der Waals surface area (Å²) in [6.45, 7) is 14.7. The minimum absolute atomic E-state index is 0.0550. The van der Waals surface area contributed by atoms with Crippen LogP contribution in [0.15, 0.2) is 65.7 Å². The molecule has 6 nitrogen and oxygen atoms in total. The van der Waals surface area contributed by atoms with E-state index in [0.29, 0.717) is 11.5 Å². The van der Waals surface area contributed by atoms with Gasteiger partial charge in [0.1, 0.15) is 5.82 Å². The molecule has 0 saturated heterocycles. The second-order valence-corrected chi connectivity index (χ2v) is 13.0. The van der Waals surface area contributed by atoms with Gasteiger partial charge in [0.2, 0.25) is 0 Å². The summed E-state index contributed by atoms with van der Waals surface area (Å²) < 4.78 is 31.0. The van der Waals surface area contributed by atoms with E-state index < -0.39 is 10.0 Å². The zero-order valence-electron chi connectivity index (χ0n) is 21.5. The number of aromatic nitrogens is 3. The van der Waals surface area contributed by atoms with Crippen LogP contribution < -0.4 is 4.72 Å². The van der Waals surface area contributed by atoms with Gasteiger partial charge in [-0.1, -0.05) is 65.8 Å². The van der Waals surface area contributed by atoms with Crippen molar-refractivity contribution in [2.24, 2.45) is 5.41 Å². The minimum atomic E-state index is -3.80. The second-order valence-electron chi connectivity index (χ2n) is 11.3. The van der Waals surface area contributed by atoms with Crippen molar-refractivity contribution in [1.29, 1.82) is 0 Å². The van der Waals surface area contributed by atoms with E-state index in [1.165, 1.54) is 0 Å². The van der Waals surface area contributed by atoms with Gasteiger partial charge in [-0.2, -0.15) is 5.10 Å². The number of nitrogens with zero attached hydrogens (tertiary/aromatic N) is 3. The van der Waals surface area contributed by atoms with Crippen LogP contribution in [0.2, 0.25) is 0 Å². The fourth-order valence-corrected chi connectivity index (χ4v) is 5.20. The molecule has 0 aliphatic rings. The molecule has 0 spiro atoms. The molecule has 2 aromatic heterocycles. The first kappa shape index (κ1) is 24.9. The highest BCUT2D eigenvalue weighted by atomic mass is 32.2. The molecule has 7 heteroatoms. The van der Waals surface area contributed by atoms with Crippen LogP contribution in [0.3, 0.4) is 0 Å². The monoisotopic (exact) mass is 490 g/mol. The van der Waals surface area contributed by atoms with E-state index in [-0.39, 0.29) is 15.7 Å². The van der Waals surface area contributed by atoms with Crippen LogP contribution in [0.4, 0.5) is 5.82 Å². The van der Waals surface area contributed by atoms with Gasteiger partial charge in [0.25, 0.3) is 10.0 Å². The molecule has 0 atom stereocenters. The van der Waals surface area contributed by atoms with E-state index in [0.717, 1.165) is 34.1 Å². The molecule has 2 heterocycles. The Bertz CT molecular complexity index is 1470. The van der Waals surface area contributed by atoms with Crippen LogP contribution >= 0.6 is 0 Å². The average molecular weight is 491 g/mol. The predicted octanol–water partition coefficient (Wildman–Crippen LogP) is 6.42. The van der Waals surface area contributed by atoms with Crippen molar-refractivity contribution < 1.29 is 8.42 Å². The summed E-state index contributed by atoms with van der Waals surface area (Å²) in [6.07, 6.45) is 2.64. The Morgan fingerprint density at radius 3 is 2.23 bits per heavy atom. The SMILES string of the molecule is Cc1cc(NS(=O)(=O)c2ccc(C(C)(C)C)cc2)n(-c2cccc3c(CC(C)(C)C)nccc23)n1. The zero-order valence-corrected chi connectivity index (χ0v) is 22.4. The molecule has 0 bridgehead atoms. The maximum Gasteiger partial charge on any atom is 0.263 e. The van der Waals surface area contributed by atoms with Gasteiger partial charge in [-0.3, -0.25) is 9.71 Å². The first-order valence-electron chi connectivity index (χ1n) is 11.8. The number of anilines is 1. The summed E-state index contributed by atoms with van der Waals surface area (Å²) >= 11 is 0. The Balaban J connectivity index is 1.76. The van der Waals surface area contributed by atoms with E-state index in [1.54, 1.807) is 22.9 Å². The first-order chi connectivity index (χ1) is 16.2. The van der Waals surface area contributed by atoms with E-state index in [9.17, 15) is 8.42 Å². The van der Waals surface area contributed by atoms with Crippen molar-refractivity contribution >= 4 is 26.6 Å². The van der Waals surface area contributed by atoms with Crippen LogP contribution in [0, 0.1) is 12.3 Å². The number of hydrogen-bond acceptors (Lipinski definition) is 4. The molecule has 184 valence electrons. The Kier molecular flexibility index (Phi) is 6.26. The van der Waals surface area contributed by atoms with Gasteiger partial charge < -0.3 is 0 Å². The van der Waals surface area contributed by atoms with Gasteiger partial charge in [0, 0.05) is 28.7 Å². The molecule has 0 amide bonds. The highest BCUT2D eigenvalue weighted by molar-refractivity contribution is 7.92. The molecule has 35 heavy (non-hydrogen) atoms. The third-order valence-electron chi connectivity index (χ3n) is 5.89. The summed E-state index contributed by atoms with van der Waals surface area (Å²) in [4.78, 5) is 4.85. The molecule has 1 N–H and O–H groups in total. The molecule has 0 fully saturated rings. The van der Waals surface area contributed by atoms with E-state index >= 15 is 0 Å². The summed E-state index contributed by atoms with van der Waals surface area (Å²) in [5.41, 5.74) is 3.64. The highest BCUT2D eigenvalue weighted by Crippen LogP contribution is 2.31. The van der Waals surface area contributed by atoms with Crippen LogP contribution in [-0.4, -0.2) is 23.2 Å². The normalized spacial score (nSPS) is 12.8. The van der Waals surface area contributed by atoms with Crippen molar-refractivity contribution in [3.8, 4) is 5.69 Å². The van der Waals surface area contributed by atoms with Gasteiger partial charge in [0.15, 0.2) is 0 Å². The number of pyridine rings is 1. The maximum atomic E-state index is 13.3. The van der Waals surface area contributed by atoms with Gasteiger partial charge in [-0.15, -0.1) is 0 Å². The number of aryl methyl sites for hydroxylation is 1. The van der Waals surface area contributed by atoms with Crippen molar-refractivity contribution in [2.45, 2.75) is 65.2 Å². The molecule has 2 aromatic carbocycles. The molecule has 0 unspecified atom stereocenters. The zero-order chi connectivity index (χ0) is 25.6. The maximum absolute atomic E-state index is 13.3. The Morgan fingerprint density at radius 2 is 1.60 bits per heavy atom. The van der Waals surface area contributed by atoms with E-state index in [2.05, 4.69) is 62.4 Å².